The molecule has 1 heterocycles. The number of piperazine rings is 1. The van der Waals surface area contributed by atoms with Crippen LogP contribution in [0.2, 0.25) is 0 Å². The van der Waals surface area contributed by atoms with Gasteiger partial charge in [-0.2, -0.15) is 4.31 Å². The third-order valence-corrected chi connectivity index (χ3v) is 6.10. The molecule has 0 N–H and O–H groups in total. The van der Waals surface area contributed by atoms with Gasteiger partial charge in [0.25, 0.3) is 0 Å². The first-order valence-electron chi connectivity index (χ1n) is 8.31. The van der Waals surface area contributed by atoms with Gasteiger partial charge in [0.2, 0.25) is 15.9 Å². The maximum atomic E-state index is 12.8. The van der Waals surface area contributed by atoms with Crippen molar-refractivity contribution in [2.75, 3.05) is 33.3 Å². The Labute approximate surface area is 157 Å². The van der Waals surface area contributed by atoms with Crippen LogP contribution in [0.4, 0.5) is 0 Å². The number of hydrogen-bond donors (Lipinski definition) is 0. The molecule has 0 saturated carbocycles. The summed E-state index contributed by atoms with van der Waals surface area (Å²) >= 11 is 0. The lowest BCUT2D eigenvalue weighted by molar-refractivity contribution is -0.149. The number of carbonyl (C=O) groups excluding carboxylic acids is 3. The van der Waals surface area contributed by atoms with Crippen molar-refractivity contribution in [1.82, 2.24) is 9.21 Å². The third-order valence-electron chi connectivity index (χ3n) is 4.21. The molecular formula is C17H22N2O7S. The molecule has 9 nitrogen and oxygen atoms in total. The fourth-order valence-electron chi connectivity index (χ4n) is 2.62. The largest absolute Gasteiger partial charge is 0.466 e. The van der Waals surface area contributed by atoms with Gasteiger partial charge in [0, 0.05) is 33.1 Å². The fraction of sp³-hybridized carbons (Fsp3) is 0.471. The molecule has 148 valence electrons. The number of hydrogen-bond acceptors (Lipinski definition) is 7. The minimum atomic E-state index is -3.82. The average Bonchev–Trinajstić information content (AvgIpc) is 2.67. The summed E-state index contributed by atoms with van der Waals surface area (Å²) in [5, 5.41) is 0. The molecule has 2 rings (SSSR count). The van der Waals surface area contributed by atoms with E-state index in [0.717, 1.165) is 0 Å². The molecule has 1 fully saturated rings. The number of esters is 2. The van der Waals surface area contributed by atoms with Crippen LogP contribution in [0, 0.1) is 0 Å². The molecule has 0 aromatic heterocycles. The number of carbonyl (C=O) groups is 3. The number of sulfonamides is 1. The number of ether oxygens (including phenoxy) is 2. The van der Waals surface area contributed by atoms with Gasteiger partial charge >= 0.3 is 11.9 Å². The smallest absolute Gasteiger partial charge is 0.346 e. The molecular weight excluding hydrogens is 376 g/mol. The molecule has 0 spiro atoms. The van der Waals surface area contributed by atoms with Gasteiger partial charge in [-0.3, -0.25) is 4.79 Å². The first-order chi connectivity index (χ1) is 12.7. The van der Waals surface area contributed by atoms with Gasteiger partial charge < -0.3 is 14.4 Å². The number of nitrogens with zero attached hydrogens (tertiary/aromatic N) is 2. The van der Waals surface area contributed by atoms with Crippen LogP contribution in [-0.4, -0.2) is 74.9 Å². The number of amides is 1. The minimum absolute atomic E-state index is 0.00852. The van der Waals surface area contributed by atoms with Crippen molar-refractivity contribution in [2.45, 2.75) is 24.8 Å². The van der Waals surface area contributed by atoms with E-state index in [2.05, 4.69) is 4.74 Å². The molecule has 1 amide bonds. The van der Waals surface area contributed by atoms with Crippen LogP contribution in [0.25, 0.3) is 0 Å². The molecule has 0 bridgehead atoms. The van der Waals surface area contributed by atoms with E-state index in [4.69, 9.17) is 4.74 Å². The highest BCUT2D eigenvalue weighted by molar-refractivity contribution is 7.89. The SMILES string of the molecule is COC(=O)C(C)OC(=O)c1cccc(S(=O)(=O)N2CCN(C(C)=O)CC2)c1. The second-order valence-electron chi connectivity index (χ2n) is 6.01. The average molecular weight is 398 g/mol. The molecule has 10 heteroatoms. The second kappa shape index (κ2) is 8.49. The molecule has 27 heavy (non-hydrogen) atoms. The lowest BCUT2D eigenvalue weighted by Gasteiger charge is -2.33. The van der Waals surface area contributed by atoms with E-state index in [-0.39, 0.29) is 29.5 Å². The number of rotatable bonds is 5. The van der Waals surface area contributed by atoms with Gasteiger partial charge in [-0.1, -0.05) is 6.07 Å². The lowest BCUT2D eigenvalue weighted by atomic mass is 10.2. The van der Waals surface area contributed by atoms with E-state index in [0.29, 0.717) is 13.1 Å². The summed E-state index contributed by atoms with van der Waals surface area (Å²) in [6.07, 6.45) is -1.11. The Kier molecular flexibility index (Phi) is 6.55. The Morgan fingerprint density at radius 2 is 1.74 bits per heavy atom. The highest BCUT2D eigenvalue weighted by atomic mass is 32.2. The molecule has 1 aromatic rings. The number of methoxy groups -OCH3 is 1. The summed E-state index contributed by atoms with van der Waals surface area (Å²) in [5.74, 6) is -1.64. The van der Waals surface area contributed by atoms with Gasteiger partial charge in [0.05, 0.1) is 17.6 Å². The van der Waals surface area contributed by atoms with Gasteiger partial charge in [0.1, 0.15) is 0 Å². The topological polar surface area (TPSA) is 110 Å². The zero-order valence-corrected chi connectivity index (χ0v) is 16.2. The number of benzene rings is 1. The molecule has 0 radical (unpaired) electrons. The molecule has 1 aliphatic heterocycles. The van der Waals surface area contributed by atoms with Crippen LogP contribution >= 0.6 is 0 Å². The standard InChI is InChI=1S/C17H22N2O7S/c1-12(16(21)25-3)26-17(22)14-5-4-6-15(11-14)27(23,24)19-9-7-18(8-10-19)13(2)20/h4-6,11-12H,7-10H2,1-3H3. The van der Waals surface area contributed by atoms with Crippen LogP contribution in [0.15, 0.2) is 29.2 Å². The maximum absolute atomic E-state index is 12.8. The van der Waals surface area contributed by atoms with Crippen molar-refractivity contribution in [3.8, 4) is 0 Å². The first kappa shape index (κ1) is 20.8. The van der Waals surface area contributed by atoms with Crippen molar-refractivity contribution in [3.63, 3.8) is 0 Å². The summed E-state index contributed by atoms with van der Waals surface area (Å²) in [4.78, 5) is 36.4. The molecule has 1 unspecified atom stereocenters. The van der Waals surface area contributed by atoms with Gasteiger partial charge in [-0.05, 0) is 25.1 Å². The second-order valence-corrected chi connectivity index (χ2v) is 7.95. The Hall–Kier alpha value is -2.46. The van der Waals surface area contributed by atoms with E-state index < -0.39 is 28.1 Å². The third kappa shape index (κ3) is 4.83. The summed E-state index contributed by atoms with van der Waals surface area (Å²) in [6.45, 7) is 3.78. The summed E-state index contributed by atoms with van der Waals surface area (Å²) in [6, 6.07) is 5.42. The molecule has 1 atom stereocenters. The van der Waals surface area contributed by atoms with E-state index >= 15 is 0 Å². The van der Waals surface area contributed by atoms with Crippen LogP contribution < -0.4 is 0 Å². The zero-order valence-electron chi connectivity index (χ0n) is 15.4. The Balaban J connectivity index is 2.15. The van der Waals surface area contributed by atoms with Crippen molar-refractivity contribution in [2.24, 2.45) is 0 Å². The van der Waals surface area contributed by atoms with E-state index in [1.165, 1.54) is 49.5 Å². The van der Waals surface area contributed by atoms with Crippen molar-refractivity contribution in [3.05, 3.63) is 29.8 Å². The highest BCUT2D eigenvalue weighted by Crippen LogP contribution is 2.19. The predicted octanol–water partition coefficient (Wildman–Crippen LogP) is 0.258. The molecule has 0 aliphatic carbocycles. The summed E-state index contributed by atoms with van der Waals surface area (Å²) < 4.78 is 36.4. The van der Waals surface area contributed by atoms with Crippen molar-refractivity contribution < 1.29 is 32.3 Å². The molecule has 1 aromatic carbocycles. The normalized spacial score (nSPS) is 16.5. The lowest BCUT2D eigenvalue weighted by Crippen LogP contribution is -2.49. The Morgan fingerprint density at radius 1 is 1.11 bits per heavy atom. The summed E-state index contributed by atoms with van der Waals surface area (Å²) in [7, 11) is -2.65. The predicted molar refractivity (Wildman–Crippen MR) is 94.3 cm³/mol. The van der Waals surface area contributed by atoms with Gasteiger partial charge in [-0.25, -0.2) is 18.0 Å². The minimum Gasteiger partial charge on any atom is -0.466 e. The van der Waals surface area contributed by atoms with Gasteiger partial charge in [-0.15, -0.1) is 0 Å². The van der Waals surface area contributed by atoms with E-state index in [1.54, 1.807) is 4.90 Å². The van der Waals surface area contributed by atoms with E-state index in [9.17, 15) is 22.8 Å². The van der Waals surface area contributed by atoms with Crippen LogP contribution in [0.3, 0.4) is 0 Å². The maximum Gasteiger partial charge on any atom is 0.346 e. The molecule has 1 saturated heterocycles. The van der Waals surface area contributed by atoms with E-state index in [1.807, 2.05) is 0 Å². The first-order valence-corrected chi connectivity index (χ1v) is 9.75. The Bertz CT molecular complexity index is 829. The van der Waals surface area contributed by atoms with Crippen molar-refractivity contribution in [1.29, 1.82) is 0 Å². The van der Waals surface area contributed by atoms with Crippen LogP contribution in [-0.2, 0) is 29.1 Å². The van der Waals surface area contributed by atoms with Crippen LogP contribution in [0.1, 0.15) is 24.2 Å². The quantitative estimate of drug-likeness (QED) is 0.654. The zero-order chi connectivity index (χ0) is 20.2. The van der Waals surface area contributed by atoms with Crippen molar-refractivity contribution >= 4 is 27.9 Å². The Morgan fingerprint density at radius 3 is 2.30 bits per heavy atom. The van der Waals surface area contributed by atoms with Crippen LogP contribution in [0.5, 0.6) is 0 Å². The molecule has 1 aliphatic rings. The monoisotopic (exact) mass is 398 g/mol. The highest BCUT2D eigenvalue weighted by Gasteiger charge is 2.30. The summed E-state index contributed by atoms with van der Waals surface area (Å²) in [5.41, 5.74) is 0.00852. The fourth-order valence-corrected chi connectivity index (χ4v) is 4.09. The van der Waals surface area contributed by atoms with Gasteiger partial charge in [0.15, 0.2) is 6.10 Å².